The number of aliphatic hydroxyl groups is 1. The highest BCUT2D eigenvalue weighted by molar-refractivity contribution is 5.03. The fourth-order valence-electron chi connectivity index (χ4n) is 2.90. The van der Waals surface area contributed by atoms with Crippen LogP contribution < -0.4 is 5.32 Å². The number of hydrogen-bond acceptors (Lipinski definition) is 5. The summed E-state index contributed by atoms with van der Waals surface area (Å²) in [6.45, 7) is 2.89. The van der Waals surface area contributed by atoms with Gasteiger partial charge in [0.1, 0.15) is 0 Å². The number of hydrogen-bond donors (Lipinski definition) is 2. The molecule has 94 valence electrons. The van der Waals surface area contributed by atoms with E-state index < -0.39 is 0 Å². The number of aromatic nitrogens is 2. The van der Waals surface area contributed by atoms with Crippen LogP contribution in [0.4, 0.5) is 0 Å². The molecule has 2 fully saturated rings. The minimum Gasteiger partial charge on any atom is -0.392 e. The van der Waals surface area contributed by atoms with Gasteiger partial charge in [0.15, 0.2) is 5.82 Å². The lowest BCUT2D eigenvalue weighted by atomic mass is 10.1. The lowest BCUT2D eigenvalue weighted by Gasteiger charge is -2.03. The molecule has 2 N–H and O–H groups in total. The van der Waals surface area contributed by atoms with E-state index >= 15 is 0 Å². The van der Waals surface area contributed by atoms with Crippen LogP contribution >= 0.6 is 0 Å². The smallest absolute Gasteiger partial charge is 0.243 e. The first-order chi connectivity index (χ1) is 8.22. The van der Waals surface area contributed by atoms with E-state index in [1.807, 2.05) is 0 Å². The van der Waals surface area contributed by atoms with Crippen molar-refractivity contribution < 1.29 is 9.63 Å². The molecular formula is C12H19N3O2. The van der Waals surface area contributed by atoms with Crippen molar-refractivity contribution in [3.8, 4) is 0 Å². The predicted molar refractivity (Wildman–Crippen MR) is 61.4 cm³/mol. The summed E-state index contributed by atoms with van der Waals surface area (Å²) >= 11 is 0. The molecule has 2 aliphatic rings. The highest BCUT2D eigenvalue weighted by Crippen LogP contribution is 2.37. The van der Waals surface area contributed by atoms with Crippen molar-refractivity contribution in [1.29, 1.82) is 0 Å². The van der Waals surface area contributed by atoms with E-state index in [0.29, 0.717) is 24.8 Å². The second-order valence-corrected chi connectivity index (χ2v) is 5.46. The molecule has 1 aromatic heterocycles. The van der Waals surface area contributed by atoms with Gasteiger partial charge in [0.05, 0.1) is 12.1 Å². The Balaban J connectivity index is 1.70. The Bertz CT molecular complexity index is 358. The second-order valence-electron chi connectivity index (χ2n) is 5.46. The van der Waals surface area contributed by atoms with Crippen LogP contribution in [0, 0.1) is 5.92 Å². The zero-order chi connectivity index (χ0) is 11.8. The Labute approximate surface area is 101 Å². The van der Waals surface area contributed by atoms with Crippen LogP contribution in [-0.4, -0.2) is 27.9 Å². The van der Waals surface area contributed by atoms with Gasteiger partial charge < -0.3 is 14.9 Å². The number of nitrogens with zero attached hydrogens (tertiary/aromatic N) is 2. The zero-order valence-electron chi connectivity index (χ0n) is 10.1. The summed E-state index contributed by atoms with van der Waals surface area (Å²) in [6, 6.07) is 0.0325. The van der Waals surface area contributed by atoms with Crippen molar-refractivity contribution in [2.75, 3.05) is 6.54 Å². The Morgan fingerprint density at radius 3 is 2.88 bits per heavy atom. The van der Waals surface area contributed by atoms with Gasteiger partial charge in [-0.2, -0.15) is 4.98 Å². The first-order valence-electron chi connectivity index (χ1n) is 6.47. The molecule has 5 nitrogen and oxygen atoms in total. The summed E-state index contributed by atoms with van der Waals surface area (Å²) in [7, 11) is 0. The molecule has 0 aromatic carbocycles. The summed E-state index contributed by atoms with van der Waals surface area (Å²) < 4.78 is 5.31. The normalized spacial score (nSPS) is 37.8. The van der Waals surface area contributed by atoms with Crippen LogP contribution in [0.25, 0.3) is 0 Å². The number of aliphatic hydroxyl groups excluding tert-OH is 1. The average molecular weight is 237 g/mol. The van der Waals surface area contributed by atoms with Gasteiger partial charge in [-0.05, 0) is 31.6 Å². The highest BCUT2D eigenvalue weighted by Gasteiger charge is 2.31. The molecule has 1 aliphatic carbocycles. The Morgan fingerprint density at radius 2 is 2.24 bits per heavy atom. The SMILES string of the molecule is CC1CCC(c2noc([C@@H]3C[C@H](O)CN3)n2)C1. The second kappa shape index (κ2) is 4.38. The quantitative estimate of drug-likeness (QED) is 0.813. The van der Waals surface area contributed by atoms with Crippen molar-refractivity contribution in [2.24, 2.45) is 5.92 Å². The number of β-amino-alcohol motifs (C(OH)–C–C–N with tert-alkyl or cyclic N) is 1. The van der Waals surface area contributed by atoms with E-state index in [2.05, 4.69) is 22.4 Å². The summed E-state index contributed by atoms with van der Waals surface area (Å²) in [5, 5.41) is 16.7. The summed E-state index contributed by atoms with van der Waals surface area (Å²) in [4.78, 5) is 4.49. The van der Waals surface area contributed by atoms with Crippen LogP contribution in [0.3, 0.4) is 0 Å². The van der Waals surface area contributed by atoms with Crippen LogP contribution in [0.5, 0.6) is 0 Å². The van der Waals surface area contributed by atoms with Crippen molar-refractivity contribution in [2.45, 2.75) is 50.7 Å². The van der Waals surface area contributed by atoms with Gasteiger partial charge in [-0.1, -0.05) is 12.1 Å². The Hall–Kier alpha value is -0.940. The summed E-state index contributed by atoms with van der Waals surface area (Å²) in [6.07, 6.45) is 3.97. The van der Waals surface area contributed by atoms with Crippen LogP contribution in [0.15, 0.2) is 4.52 Å². The van der Waals surface area contributed by atoms with Gasteiger partial charge in [-0.25, -0.2) is 0 Å². The van der Waals surface area contributed by atoms with Crippen molar-refractivity contribution >= 4 is 0 Å². The van der Waals surface area contributed by atoms with Gasteiger partial charge in [0.25, 0.3) is 0 Å². The van der Waals surface area contributed by atoms with Gasteiger partial charge in [-0.3, -0.25) is 0 Å². The van der Waals surface area contributed by atoms with E-state index in [4.69, 9.17) is 4.52 Å². The van der Waals surface area contributed by atoms with Gasteiger partial charge >= 0.3 is 0 Å². The molecule has 2 heterocycles. The van der Waals surface area contributed by atoms with E-state index in [0.717, 1.165) is 11.7 Å². The predicted octanol–water partition coefficient (Wildman–Crippen LogP) is 1.37. The van der Waals surface area contributed by atoms with Crippen LogP contribution in [0.1, 0.15) is 56.3 Å². The maximum Gasteiger partial charge on any atom is 0.243 e. The maximum atomic E-state index is 9.46. The standard InChI is InChI=1S/C12H19N3O2/c1-7-2-3-8(4-7)11-14-12(17-15-11)10-5-9(16)6-13-10/h7-10,13,16H,2-6H2,1H3/t7?,8?,9-,10-/m0/s1. The molecule has 0 amide bonds. The minimum atomic E-state index is -0.290. The summed E-state index contributed by atoms with van der Waals surface area (Å²) in [5.41, 5.74) is 0. The van der Waals surface area contributed by atoms with Crippen molar-refractivity contribution in [1.82, 2.24) is 15.5 Å². The monoisotopic (exact) mass is 237 g/mol. The first-order valence-corrected chi connectivity index (χ1v) is 6.47. The third-order valence-electron chi connectivity index (χ3n) is 3.92. The van der Waals surface area contributed by atoms with Crippen LogP contribution in [-0.2, 0) is 0 Å². The number of nitrogens with one attached hydrogen (secondary N) is 1. The fourth-order valence-corrected chi connectivity index (χ4v) is 2.90. The Kier molecular flexibility index (Phi) is 2.88. The molecule has 0 bridgehead atoms. The molecule has 0 spiro atoms. The molecule has 5 heteroatoms. The molecule has 4 atom stereocenters. The largest absolute Gasteiger partial charge is 0.392 e. The molecule has 3 rings (SSSR count). The van der Waals surface area contributed by atoms with Crippen LogP contribution in [0.2, 0.25) is 0 Å². The lowest BCUT2D eigenvalue weighted by molar-refractivity contribution is 0.191. The molecular weight excluding hydrogens is 218 g/mol. The van der Waals surface area contributed by atoms with E-state index in [1.54, 1.807) is 0 Å². The van der Waals surface area contributed by atoms with E-state index in [-0.39, 0.29) is 12.1 Å². The Morgan fingerprint density at radius 1 is 1.35 bits per heavy atom. The first kappa shape index (κ1) is 11.2. The van der Waals surface area contributed by atoms with E-state index in [1.165, 1.54) is 19.3 Å². The molecule has 1 aromatic rings. The van der Waals surface area contributed by atoms with Crippen molar-refractivity contribution in [3.05, 3.63) is 11.7 Å². The summed E-state index contributed by atoms with van der Waals surface area (Å²) in [5.74, 6) is 2.73. The molecule has 1 saturated carbocycles. The fraction of sp³-hybridized carbons (Fsp3) is 0.833. The third-order valence-corrected chi connectivity index (χ3v) is 3.92. The topological polar surface area (TPSA) is 71.2 Å². The molecule has 1 aliphatic heterocycles. The van der Waals surface area contributed by atoms with Gasteiger partial charge in [-0.15, -0.1) is 0 Å². The molecule has 2 unspecified atom stereocenters. The maximum absolute atomic E-state index is 9.46. The highest BCUT2D eigenvalue weighted by atomic mass is 16.5. The molecule has 1 saturated heterocycles. The number of rotatable bonds is 2. The minimum absolute atomic E-state index is 0.0325. The molecule has 0 radical (unpaired) electrons. The van der Waals surface area contributed by atoms with E-state index in [9.17, 15) is 5.11 Å². The molecule has 17 heavy (non-hydrogen) atoms. The lowest BCUT2D eigenvalue weighted by Crippen LogP contribution is -2.15. The zero-order valence-corrected chi connectivity index (χ0v) is 10.1. The van der Waals surface area contributed by atoms with Crippen molar-refractivity contribution in [3.63, 3.8) is 0 Å². The average Bonchev–Trinajstić information content (AvgIpc) is 2.96. The van der Waals surface area contributed by atoms with Gasteiger partial charge in [0, 0.05) is 12.5 Å². The van der Waals surface area contributed by atoms with Gasteiger partial charge in [0.2, 0.25) is 5.89 Å². The third kappa shape index (κ3) is 2.21.